The number of nitriles is 1. The molecule has 2 aliphatic heterocycles. The molecule has 2 unspecified atom stereocenters. The Labute approximate surface area is 204 Å². The summed E-state index contributed by atoms with van der Waals surface area (Å²) in [6, 6.07) is 23.3. The van der Waals surface area contributed by atoms with Crippen LogP contribution in [0.3, 0.4) is 0 Å². The van der Waals surface area contributed by atoms with E-state index in [1.807, 2.05) is 35.2 Å². The number of benzene rings is 3. The molecule has 3 aliphatic rings. The van der Waals surface area contributed by atoms with Gasteiger partial charge in [0.25, 0.3) is 0 Å². The Morgan fingerprint density at radius 1 is 1.03 bits per heavy atom. The molecule has 0 N–H and O–H groups in total. The molecular formula is C30H25FN2O2. The van der Waals surface area contributed by atoms with Crippen LogP contribution in [0.4, 0.5) is 9.18 Å². The minimum atomic E-state index is -0.506. The molecule has 0 saturated carbocycles. The van der Waals surface area contributed by atoms with Crippen molar-refractivity contribution < 1.29 is 13.9 Å². The van der Waals surface area contributed by atoms with Crippen LogP contribution in [-0.4, -0.2) is 29.7 Å². The molecule has 1 fully saturated rings. The van der Waals surface area contributed by atoms with Gasteiger partial charge in [-0.1, -0.05) is 60.7 Å². The van der Waals surface area contributed by atoms with Gasteiger partial charge in [0, 0.05) is 12.0 Å². The second-order valence-corrected chi connectivity index (χ2v) is 9.57. The maximum atomic E-state index is 13.8. The number of fused-ring (bicyclic) bond motifs is 5. The summed E-state index contributed by atoms with van der Waals surface area (Å²) in [6.45, 7) is 0.308. The lowest BCUT2D eigenvalue weighted by molar-refractivity contribution is 0.0539. The lowest BCUT2D eigenvalue weighted by Crippen LogP contribution is -2.51. The molecule has 3 aromatic carbocycles. The number of carbonyl (C=O) groups is 1. The van der Waals surface area contributed by atoms with Crippen molar-refractivity contribution in [2.24, 2.45) is 0 Å². The van der Waals surface area contributed by atoms with Gasteiger partial charge in [-0.3, -0.25) is 4.90 Å². The summed E-state index contributed by atoms with van der Waals surface area (Å²) >= 11 is 0. The Kier molecular flexibility index (Phi) is 5.37. The molecule has 1 aliphatic carbocycles. The summed E-state index contributed by atoms with van der Waals surface area (Å²) < 4.78 is 19.8. The van der Waals surface area contributed by atoms with Crippen molar-refractivity contribution in [3.63, 3.8) is 0 Å². The minimum Gasteiger partial charge on any atom is -0.448 e. The molecule has 2 atom stereocenters. The highest BCUT2D eigenvalue weighted by atomic mass is 19.1. The fraction of sp³-hybridized carbons (Fsp3) is 0.267. The van der Waals surface area contributed by atoms with Gasteiger partial charge < -0.3 is 4.74 Å². The zero-order valence-electron chi connectivity index (χ0n) is 19.3. The third kappa shape index (κ3) is 3.70. The molecule has 35 heavy (non-hydrogen) atoms. The van der Waals surface area contributed by atoms with Crippen LogP contribution >= 0.6 is 0 Å². The van der Waals surface area contributed by atoms with Crippen LogP contribution in [0.15, 0.2) is 72.8 Å². The normalized spacial score (nSPS) is 20.5. The van der Waals surface area contributed by atoms with Crippen molar-refractivity contribution in [3.05, 3.63) is 101 Å². The lowest BCUT2D eigenvalue weighted by atomic mass is 9.83. The van der Waals surface area contributed by atoms with E-state index in [0.29, 0.717) is 13.0 Å². The molecule has 174 valence electrons. The van der Waals surface area contributed by atoms with Gasteiger partial charge in [0.05, 0.1) is 11.6 Å². The van der Waals surface area contributed by atoms with Gasteiger partial charge >= 0.3 is 6.09 Å². The molecule has 0 radical (unpaired) electrons. The van der Waals surface area contributed by atoms with Gasteiger partial charge in [-0.2, -0.15) is 5.26 Å². The number of hydrogen-bond donors (Lipinski definition) is 0. The molecule has 5 heteroatoms. The van der Waals surface area contributed by atoms with Crippen LogP contribution in [-0.2, 0) is 4.74 Å². The van der Waals surface area contributed by atoms with Gasteiger partial charge in [-0.15, -0.1) is 0 Å². The summed E-state index contributed by atoms with van der Waals surface area (Å²) in [5.74, 6) is -0.473. The van der Waals surface area contributed by atoms with Gasteiger partial charge in [0.15, 0.2) is 0 Å². The monoisotopic (exact) mass is 464 g/mol. The zero-order valence-corrected chi connectivity index (χ0v) is 19.3. The number of hydrogen-bond acceptors (Lipinski definition) is 3. The van der Waals surface area contributed by atoms with E-state index in [2.05, 4.69) is 30.3 Å². The zero-order chi connectivity index (χ0) is 23.9. The molecular weight excluding hydrogens is 439 g/mol. The van der Waals surface area contributed by atoms with Crippen molar-refractivity contribution in [1.82, 2.24) is 4.90 Å². The number of ether oxygens (including phenoxy) is 1. The van der Waals surface area contributed by atoms with Crippen molar-refractivity contribution in [1.29, 1.82) is 5.26 Å². The highest BCUT2D eigenvalue weighted by Gasteiger charge is 2.39. The first-order chi connectivity index (χ1) is 17.1. The average Bonchev–Trinajstić information content (AvgIpc) is 3.20. The third-order valence-electron chi connectivity index (χ3n) is 7.64. The number of amides is 1. The van der Waals surface area contributed by atoms with Crippen LogP contribution in [0, 0.1) is 17.1 Å². The van der Waals surface area contributed by atoms with Gasteiger partial charge in [-0.05, 0) is 71.2 Å². The number of nitrogens with zero attached hydrogens (tertiary/aromatic N) is 2. The van der Waals surface area contributed by atoms with E-state index >= 15 is 0 Å². The Morgan fingerprint density at radius 2 is 1.74 bits per heavy atom. The van der Waals surface area contributed by atoms with E-state index in [9.17, 15) is 14.4 Å². The highest BCUT2D eigenvalue weighted by molar-refractivity contribution is 5.79. The molecule has 1 saturated heterocycles. The maximum absolute atomic E-state index is 13.8. The molecule has 4 nitrogen and oxygen atoms in total. The smallest absolute Gasteiger partial charge is 0.410 e. The van der Waals surface area contributed by atoms with E-state index in [4.69, 9.17) is 4.74 Å². The van der Waals surface area contributed by atoms with Crippen LogP contribution in [0.2, 0.25) is 0 Å². The first-order valence-corrected chi connectivity index (χ1v) is 12.2. The lowest BCUT2D eigenvalue weighted by Gasteiger charge is -2.44. The van der Waals surface area contributed by atoms with Crippen LogP contribution in [0.1, 0.15) is 53.9 Å². The van der Waals surface area contributed by atoms with Crippen molar-refractivity contribution in [3.8, 4) is 17.2 Å². The predicted octanol–water partition coefficient (Wildman–Crippen LogP) is 6.66. The van der Waals surface area contributed by atoms with Gasteiger partial charge in [0.1, 0.15) is 18.5 Å². The number of halogens is 1. The van der Waals surface area contributed by atoms with E-state index in [1.54, 1.807) is 12.1 Å². The molecule has 6 rings (SSSR count). The second kappa shape index (κ2) is 8.70. The van der Waals surface area contributed by atoms with Crippen LogP contribution in [0.5, 0.6) is 0 Å². The van der Waals surface area contributed by atoms with Gasteiger partial charge in [0.2, 0.25) is 0 Å². The van der Waals surface area contributed by atoms with E-state index in [-0.39, 0.29) is 29.7 Å². The third-order valence-corrected chi connectivity index (χ3v) is 7.64. The summed E-state index contributed by atoms with van der Waals surface area (Å²) in [7, 11) is 0. The summed E-state index contributed by atoms with van der Waals surface area (Å²) in [6.07, 6.45) is 5.34. The van der Waals surface area contributed by atoms with Crippen LogP contribution in [0.25, 0.3) is 16.7 Å². The Balaban J connectivity index is 1.22. The Bertz CT molecular complexity index is 1340. The second-order valence-electron chi connectivity index (χ2n) is 9.57. The Hall–Kier alpha value is -3.91. The first kappa shape index (κ1) is 21.6. The molecule has 0 aromatic heterocycles. The summed E-state index contributed by atoms with van der Waals surface area (Å²) in [4.78, 5) is 15.3. The summed E-state index contributed by atoms with van der Waals surface area (Å²) in [5.41, 5.74) is 6.79. The van der Waals surface area contributed by atoms with Crippen LogP contribution < -0.4 is 0 Å². The van der Waals surface area contributed by atoms with Gasteiger partial charge in [-0.25, -0.2) is 9.18 Å². The average molecular weight is 465 g/mol. The summed E-state index contributed by atoms with van der Waals surface area (Å²) in [5, 5.41) is 9.21. The van der Waals surface area contributed by atoms with E-state index < -0.39 is 5.82 Å². The fourth-order valence-corrected chi connectivity index (χ4v) is 6.01. The number of carbonyl (C=O) groups excluding carboxylic acids is 1. The quantitative estimate of drug-likeness (QED) is 0.436. The molecule has 1 amide bonds. The minimum absolute atomic E-state index is 0.0331. The molecule has 3 aromatic rings. The number of rotatable bonds is 3. The first-order valence-electron chi connectivity index (χ1n) is 12.2. The standard InChI is InChI=1S/C30H25FN2O2/c31-29-13-12-19(14-21(29)17-32)20-15-22-6-5-7-23(16-20)33(22)30(34)35-18-28-26-10-3-1-8-24(26)25-9-2-4-11-27(25)28/h1-4,8-15,22-23,28H,5-7,16,18H2. The highest BCUT2D eigenvalue weighted by Crippen LogP contribution is 2.45. The molecule has 0 spiro atoms. The van der Waals surface area contributed by atoms with E-state index in [1.165, 1.54) is 28.3 Å². The fourth-order valence-electron chi connectivity index (χ4n) is 6.01. The van der Waals surface area contributed by atoms with Crippen molar-refractivity contribution in [2.45, 2.75) is 43.7 Å². The number of piperidine rings is 1. The topological polar surface area (TPSA) is 53.3 Å². The predicted molar refractivity (Wildman–Crippen MR) is 132 cm³/mol. The van der Waals surface area contributed by atoms with Crippen molar-refractivity contribution in [2.75, 3.05) is 6.61 Å². The maximum Gasteiger partial charge on any atom is 0.410 e. The SMILES string of the molecule is N#Cc1cc(C2=CC3CCCC(C2)N3C(=O)OCC2c3ccccc3-c3ccccc32)ccc1F. The Morgan fingerprint density at radius 3 is 2.43 bits per heavy atom. The molecule has 2 heterocycles. The largest absolute Gasteiger partial charge is 0.448 e. The van der Waals surface area contributed by atoms with Crippen molar-refractivity contribution >= 4 is 11.7 Å². The molecule has 2 bridgehead atoms. The van der Waals surface area contributed by atoms with E-state index in [0.717, 1.165) is 30.4 Å².